The van der Waals surface area contributed by atoms with Crippen molar-refractivity contribution < 1.29 is 28.4 Å². The summed E-state index contributed by atoms with van der Waals surface area (Å²) in [5, 5.41) is 22.0. The molecule has 1 saturated heterocycles. The molecule has 124 valence electrons. The van der Waals surface area contributed by atoms with Crippen LogP contribution in [0.4, 0.5) is 15.8 Å². The average Bonchev–Trinajstić information content (AvgIpc) is 2.44. The van der Waals surface area contributed by atoms with Gasteiger partial charge in [0, 0.05) is 32.2 Å². The lowest BCUT2D eigenvalue weighted by Gasteiger charge is -2.29. The van der Waals surface area contributed by atoms with E-state index in [9.17, 15) is 24.1 Å². The molecule has 0 atom stereocenters. The van der Waals surface area contributed by atoms with E-state index in [0.717, 1.165) is 12.3 Å². The highest BCUT2D eigenvalue weighted by Gasteiger charge is 2.39. The second-order valence-electron chi connectivity index (χ2n) is 5.10. The second-order valence-corrected chi connectivity index (χ2v) is 5.10. The molecule has 0 radical (unpaired) electrons. The summed E-state index contributed by atoms with van der Waals surface area (Å²) < 4.78 is 23.3. The van der Waals surface area contributed by atoms with Crippen LogP contribution in [0.5, 0.6) is 0 Å². The number of benzene rings is 1. The number of hydrogen-bond acceptors (Lipinski definition) is 8. The first kappa shape index (κ1) is 16.9. The van der Waals surface area contributed by atoms with Gasteiger partial charge in [-0.3, -0.25) is 10.1 Å². The third-order valence-electron chi connectivity index (χ3n) is 2.89. The molecule has 0 unspecified atom stereocenters. The molecule has 24 heavy (non-hydrogen) atoms. The number of esters is 2. The van der Waals surface area contributed by atoms with Gasteiger partial charge in [0.05, 0.1) is 10.5 Å². The Morgan fingerprint density at radius 1 is 1.33 bits per heavy atom. The van der Waals surface area contributed by atoms with Crippen molar-refractivity contribution in [1.29, 1.82) is 5.26 Å². The molecule has 0 saturated carbocycles. The van der Waals surface area contributed by atoms with E-state index in [1.807, 2.05) is 0 Å². The zero-order chi connectivity index (χ0) is 18.1. The molecule has 0 amide bonds. The minimum atomic E-state index is -1.43. The summed E-state index contributed by atoms with van der Waals surface area (Å²) in [7, 11) is 0. The number of nitro groups is 1. The van der Waals surface area contributed by atoms with Crippen LogP contribution in [0.2, 0.25) is 0 Å². The molecule has 1 aliphatic rings. The zero-order valence-corrected chi connectivity index (χ0v) is 12.5. The van der Waals surface area contributed by atoms with Crippen molar-refractivity contribution in [3.8, 4) is 6.07 Å². The van der Waals surface area contributed by atoms with Gasteiger partial charge in [-0.15, -0.1) is 0 Å². The summed E-state index contributed by atoms with van der Waals surface area (Å²) in [6, 6.07) is 2.91. The van der Waals surface area contributed by atoms with E-state index in [0.29, 0.717) is 6.07 Å². The summed E-state index contributed by atoms with van der Waals surface area (Å²) in [6.07, 6.45) is 0.813. The molecule has 1 heterocycles. The molecule has 0 spiro atoms. The van der Waals surface area contributed by atoms with Crippen LogP contribution >= 0.6 is 0 Å². The van der Waals surface area contributed by atoms with Gasteiger partial charge >= 0.3 is 11.9 Å². The lowest BCUT2D eigenvalue weighted by Crippen LogP contribution is -2.42. The number of hydrogen-bond donors (Lipinski definition) is 1. The number of nitrogens with one attached hydrogen (secondary N) is 1. The van der Waals surface area contributed by atoms with E-state index in [1.165, 1.54) is 19.9 Å². The monoisotopic (exact) mass is 335 g/mol. The van der Waals surface area contributed by atoms with Gasteiger partial charge in [-0.25, -0.2) is 14.0 Å². The SMILES string of the molecule is CC1(C)OC(=O)C(=CNc2cc(F)c(C#N)cc2[N+](=O)[O-])C(=O)O1. The highest BCUT2D eigenvalue weighted by molar-refractivity contribution is 6.15. The summed E-state index contributed by atoms with van der Waals surface area (Å²) in [6.45, 7) is 2.71. The van der Waals surface area contributed by atoms with Crippen LogP contribution in [0, 0.1) is 27.3 Å². The molecule has 1 fully saturated rings. The van der Waals surface area contributed by atoms with Gasteiger partial charge in [0.2, 0.25) is 0 Å². The highest BCUT2D eigenvalue weighted by atomic mass is 19.1. The van der Waals surface area contributed by atoms with Crippen LogP contribution in [0.1, 0.15) is 19.4 Å². The normalized spacial score (nSPS) is 15.8. The third-order valence-corrected chi connectivity index (χ3v) is 2.89. The average molecular weight is 335 g/mol. The molecule has 0 aliphatic carbocycles. The predicted molar refractivity (Wildman–Crippen MR) is 75.7 cm³/mol. The van der Waals surface area contributed by atoms with Crippen molar-refractivity contribution >= 4 is 23.3 Å². The lowest BCUT2D eigenvalue weighted by atomic mass is 10.1. The fourth-order valence-corrected chi connectivity index (χ4v) is 1.84. The first-order valence-corrected chi connectivity index (χ1v) is 6.46. The van der Waals surface area contributed by atoms with Gasteiger partial charge in [0.25, 0.3) is 11.5 Å². The van der Waals surface area contributed by atoms with Crippen molar-refractivity contribution in [1.82, 2.24) is 0 Å². The minimum absolute atomic E-state index is 0.352. The Labute approximate surface area is 134 Å². The molecule has 0 bridgehead atoms. The Balaban J connectivity index is 2.37. The number of carbonyl (C=O) groups is 2. The molecular formula is C14H10FN3O6. The van der Waals surface area contributed by atoms with Crippen LogP contribution < -0.4 is 5.32 Å². The predicted octanol–water partition coefficient (Wildman–Crippen LogP) is 1.74. The van der Waals surface area contributed by atoms with Crippen molar-refractivity contribution in [2.75, 3.05) is 5.32 Å². The first-order chi connectivity index (χ1) is 11.1. The number of ether oxygens (including phenoxy) is 2. The second kappa shape index (κ2) is 5.96. The quantitative estimate of drug-likeness (QED) is 0.290. The molecule has 1 aromatic carbocycles. The van der Waals surface area contributed by atoms with Gasteiger partial charge < -0.3 is 14.8 Å². The number of nitrogens with zero attached hydrogens (tertiary/aromatic N) is 2. The fraction of sp³-hybridized carbons (Fsp3) is 0.214. The van der Waals surface area contributed by atoms with Gasteiger partial charge in [0.1, 0.15) is 17.6 Å². The summed E-state index contributed by atoms with van der Waals surface area (Å²) in [5.41, 5.74) is -2.02. The number of nitro benzene ring substituents is 1. The summed E-state index contributed by atoms with van der Waals surface area (Å²) in [4.78, 5) is 33.6. The zero-order valence-electron chi connectivity index (χ0n) is 12.5. The highest BCUT2D eigenvalue weighted by Crippen LogP contribution is 2.28. The maximum absolute atomic E-state index is 13.6. The molecule has 1 aliphatic heterocycles. The van der Waals surface area contributed by atoms with Crippen molar-refractivity contribution in [2.45, 2.75) is 19.6 Å². The Kier molecular flexibility index (Phi) is 4.19. The number of halogens is 1. The van der Waals surface area contributed by atoms with Crippen LogP contribution in [-0.4, -0.2) is 22.6 Å². The number of anilines is 1. The molecule has 9 nitrogen and oxygen atoms in total. The van der Waals surface area contributed by atoms with E-state index >= 15 is 0 Å². The van der Waals surface area contributed by atoms with Gasteiger partial charge in [-0.1, -0.05) is 0 Å². The molecule has 2 rings (SSSR count). The Morgan fingerprint density at radius 2 is 1.92 bits per heavy atom. The van der Waals surface area contributed by atoms with Crippen LogP contribution in [0.25, 0.3) is 0 Å². The molecule has 1 aromatic rings. The molecular weight excluding hydrogens is 325 g/mol. The molecule has 0 aromatic heterocycles. The van der Waals surface area contributed by atoms with Gasteiger partial charge in [0.15, 0.2) is 5.57 Å². The van der Waals surface area contributed by atoms with Crippen LogP contribution in [0.3, 0.4) is 0 Å². The summed E-state index contributed by atoms with van der Waals surface area (Å²) in [5.74, 6) is -4.43. The topological polar surface area (TPSA) is 132 Å². The lowest BCUT2D eigenvalue weighted by molar-refractivity contribution is -0.384. The number of nitriles is 1. The van der Waals surface area contributed by atoms with E-state index < -0.39 is 45.3 Å². The maximum atomic E-state index is 13.6. The fourth-order valence-electron chi connectivity index (χ4n) is 1.84. The smallest absolute Gasteiger partial charge is 0.350 e. The Bertz CT molecular complexity index is 803. The number of carbonyl (C=O) groups excluding carboxylic acids is 2. The van der Waals surface area contributed by atoms with Crippen molar-refractivity contribution in [3.63, 3.8) is 0 Å². The first-order valence-electron chi connectivity index (χ1n) is 6.46. The Morgan fingerprint density at radius 3 is 2.42 bits per heavy atom. The van der Waals surface area contributed by atoms with Gasteiger partial charge in [-0.05, 0) is 0 Å². The van der Waals surface area contributed by atoms with Crippen molar-refractivity contribution in [2.24, 2.45) is 0 Å². The van der Waals surface area contributed by atoms with E-state index in [1.54, 1.807) is 0 Å². The largest absolute Gasteiger partial charge is 0.419 e. The standard InChI is InChI=1S/C14H10FN3O6/c1-14(2)23-12(19)8(13(20)24-14)6-17-10-4-9(15)7(5-16)3-11(10)18(21)22/h3-4,6,17H,1-2H3. The van der Waals surface area contributed by atoms with E-state index in [4.69, 9.17) is 14.7 Å². The number of rotatable bonds is 3. The molecule has 10 heteroatoms. The third kappa shape index (κ3) is 3.30. The van der Waals surface area contributed by atoms with E-state index in [2.05, 4.69) is 5.32 Å². The minimum Gasteiger partial charge on any atom is -0.419 e. The Hall–Kier alpha value is -3.48. The van der Waals surface area contributed by atoms with Crippen LogP contribution in [-0.2, 0) is 19.1 Å². The van der Waals surface area contributed by atoms with Crippen LogP contribution in [0.15, 0.2) is 23.9 Å². The molecule has 1 N–H and O–H groups in total. The van der Waals surface area contributed by atoms with E-state index in [-0.39, 0.29) is 5.69 Å². The van der Waals surface area contributed by atoms with Gasteiger partial charge in [-0.2, -0.15) is 5.26 Å². The van der Waals surface area contributed by atoms with Crippen molar-refractivity contribution in [3.05, 3.63) is 45.4 Å². The summed E-state index contributed by atoms with van der Waals surface area (Å²) >= 11 is 0. The maximum Gasteiger partial charge on any atom is 0.350 e. The number of cyclic esters (lactones) is 2.